The third-order valence-electron chi connectivity index (χ3n) is 7.35. The van der Waals surface area contributed by atoms with E-state index >= 15 is 0 Å². The van der Waals surface area contributed by atoms with E-state index in [1.54, 1.807) is 19.1 Å². The molecule has 3 aliphatic rings. The van der Waals surface area contributed by atoms with Gasteiger partial charge < -0.3 is 34.1 Å². The van der Waals surface area contributed by atoms with E-state index in [0.717, 1.165) is 11.1 Å². The lowest BCUT2D eigenvalue weighted by atomic mass is 9.65. The van der Waals surface area contributed by atoms with Gasteiger partial charge in [-0.25, -0.2) is 4.98 Å². The van der Waals surface area contributed by atoms with E-state index in [9.17, 15) is 14.7 Å². The van der Waals surface area contributed by atoms with Crippen molar-refractivity contribution in [2.75, 3.05) is 27.6 Å². The standard InChI is InChI=1S/C27H25N3O8/c1-12-8-29-17(9-28-12)26(32)30-24-15-7-19-18(37-11-38-19)6-14(15)22(23-16(24)10-36-27(23)33)13-4-20(34-2)25(31)21(5-13)35-3/h4-9,16,22-24,31H,10-11H2,1-3H3,(H,30,32)/t16-,22+,23-,24+/m0/s1. The van der Waals surface area contributed by atoms with Crippen LogP contribution in [0.5, 0.6) is 28.7 Å². The van der Waals surface area contributed by atoms with Gasteiger partial charge in [-0.15, -0.1) is 0 Å². The van der Waals surface area contributed by atoms with E-state index in [4.69, 9.17) is 23.7 Å². The third-order valence-corrected chi connectivity index (χ3v) is 7.35. The lowest BCUT2D eigenvalue weighted by molar-refractivity contribution is -0.141. The van der Waals surface area contributed by atoms with Crippen LogP contribution < -0.4 is 24.3 Å². The maximum atomic E-state index is 13.2. The molecule has 11 nitrogen and oxygen atoms in total. The van der Waals surface area contributed by atoms with Crippen molar-refractivity contribution in [3.05, 3.63) is 64.7 Å². The van der Waals surface area contributed by atoms with Crippen molar-refractivity contribution in [1.29, 1.82) is 0 Å². The number of aromatic nitrogens is 2. The topological polar surface area (TPSA) is 138 Å². The number of carbonyl (C=O) groups is 2. The van der Waals surface area contributed by atoms with Crippen LogP contribution in [0.1, 0.15) is 44.8 Å². The smallest absolute Gasteiger partial charge is 0.310 e. The van der Waals surface area contributed by atoms with Crippen molar-refractivity contribution >= 4 is 11.9 Å². The molecule has 4 atom stereocenters. The summed E-state index contributed by atoms with van der Waals surface area (Å²) in [4.78, 5) is 34.8. The summed E-state index contributed by atoms with van der Waals surface area (Å²) in [5, 5.41) is 13.6. The number of aryl methyl sites for hydroxylation is 1. The molecule has 0 unspecified atom stereocenters. The largest absolute Gasteiger partial charge is 0.502 e. The summed E-state index contributed by atoms with van der Waals surface area (Å²) in [5.41, 5.74) is 3.05. The van der Waals surface area contributed by atoms with Gasteiger partial charge in [0.15, 0.2) is 23.0 Å². The fourth-order valence-electron chi connectivity index (χ4n) is 5.57. The normalized spacial score (nSPS) is 22.8. The van der Waals surface area contributed by atoms with Crippen LogP contribution in [0, 0.1) is 18.8 Å². The van der Waals surface area contributed by atoms with E-state index in [1.165, 1.54) is 26.6 Å². The van der Waals surface area contributed by atoms with Gasteiger partial charge in [0, 0.05) is 18.0 Å². The number of amides is 1. The molecule has 0 bridgehead atoms. The summed E-state index contributed by atoms with van der Waals surface area (Å²) < 4.78 is 27.6. The molecular weight excluding hydrogens is 494 g/mol. The average Bonchev–Trinajstić information content (AvgIpc) is 3.54. The molecule has 11 heteroatoms. The molecule has 0 saturated carbocycles. The van der Waals surface area contributed by atoms with Gasteiger partial charge in [-0.2, -0.15) is 0 Å². The Kier molecular flexibility index (Phi) is 5.70. The van der Waals surface area contributed by atoms with Crippen molar-refractivity contribution < 1.29 is 38.4 Å². The SMILES string of the molecule is COc1cc([C@@H]2c3cc4c(cc3[C@@H](NC(=O)c3cnc(C)cn3)[C@H]3COC(=O)[C@H]23)OCO4)cc(OC)c1O. The summed E-state index contributed by atoms with van der Waals surface area (Å²) in [7, 11) is 2.88. The zero-order valence-electron chi connectivity index (χ0n) is 20.9. The Morgan fingerprint density at radius 3 is 2.32 bits per heavy atom. The first-order valence-corrected chi connectivity index (χ1v) is 12.0. The van der Waals surface area contributed by atoms with Crippen LogP contribution in [0.2, 0.25) is 0 Å². The summed E-state index contributed by atoms with van der Waals surface area (Å²) in [6.45, 7) is 1.97. The van der Waals surface area contributed by atoms with Crippen molar-refractivity contribution in [1.82, 2.24) is 15.3 Å². The highest BCUT2D eigenvalue weighted by molar-refractivity contribution is 5.92. The average molecular weight is 520 g/mol. The van der Waals surface area contributed by atoms with Crippen molar-refractivity contribution in [3.63, 3.8) is 0 Å². The number of carbonyl (C=O) groups excluding carboxylic acids is 2. The molecular formula is C27H25N3O8. The summed E-state index contributed by atoms with van der Waals surface area (Å²) in [6.07, 6.45) is 2.94. The van der Waals surface area contributed by atoms with E-state index in [1.807, 2.05) is 12.1 Å². The Hall–Kier alpha value is -4.54. The Labute approximate surface area is 217 Å². The number of benzene rings is 2. The van der Waals surface area contributed by atoms with E-state index in [0.29, 0.717) is 22.8 Å². The van der Waals surface area contributed by atoms with Crippen molar-refractivity contribution in [2.24, 2.45) is 11.8 Å². The summed E-state index contributed by atoms with van der Waals surface area (Å²) in [5.74, 6) is -1.00. The molecule has 3 aromatic rings. The predicted molar refractivity (Wildman–Crippen MR) is 131 cm³/mol. The molecule has 1 aromatic heterocycles. The fraction of sp³-hybridized carbons (Fsp3) is 0.333. The van der Waals surface area contributed by atoms with Crippen LogP contribution in [0.3, 0.4) is 0 Å². The zero-order valence-corrected chi connectivity index (χ0v) is 20.9. The Balaban J connectivity index is 1.51. The second-order valence-electron chi connectivity index (χ2n) is 9.40. The third kappa shape index (κ3) is 3.73. The maximum absolute atomic E-state index is 13.2. The molecule has 1 amide bonds. The molecule has 0 spiro atoms. The molecule has 1 saturated heterocycles. The van der Waals surface area contributed by atoms with E-state index in [-0.39, 0.29) is 42.3 Å². The highest BCUT2D eigenvalue weighted by Crippen LogP contribution is 2.55. The first kappa shape index (κ1) is 23.8. The zero-order chi connectivity index (χ0) is 26.6. The molecule has 2 aliphatic heterocycles. The Morgan fingerprint density at radius 1 is 1.00 bits per heavy atom. The van der Waals surface area contributed by atoms with E-state index < -0.39 is 29.7 Å². The van der Waals surface area contributed by atoms with Crippen molar-refractivity contribution in [3.8, 4) is 28.7 Å². The minimum Gasteiger partial charge on any atom is -0.502 e. The lowest BCUT2D eigenvalue weighted by Crippen LogP contribution is -2.43. The van der Waals surface area contributed by atoms with E-state index in [2.05, 4.69) is 15.3 Å². The molecule has 2 aromatic carbocycles. The second kappa shape index (κ2) is 9.09. The van der Waals surface area contributed by atoms with Gasteiger partial charge >= 0.3 is 5.97 Å². The first-order chi connectivity index (χ1) is 18.4. The number of phenols is 1. The lowest BCUT2D eigenvalue weighted by Gasteiger charge is -2.39. The molecule has 3 heterocycles. The van der Waals surface area contributed by atoms with Crippen LogP contribution in [-0.2, 0) is 9.53 Å². The second-order valence-corrected chi connectivity index (χ2v) is 9.40. The maximum Gasteiger partial charge on any atom is 0.310 e. The van der Waals surface area contributed by atoms with Gasteiger partial charge in [0.05, 0.1) is 44.7 Å². The van der Waals surface area contributed by atoms with Gasteiger partial charge in [-0.1, -0.05) is 0 Å². The molecule has 1 fully saturated rings. The van der Waals surface area contributed by atoms with Gasteiger partial charge in [0.25, 0.3) is 5.91 Å². The van der Waals surface area contributed by atoms with Crippen LogP contribution >= 0.6 is 0 Å². The number of rotatable bonds is 5. The first-order valence-electron chi connectivity index (χ1n) is 12.0. The number of hydrogen-bond donors (Lipinski definition) is 2. The number of cyclic esters (lactones) is 1. The van der Waals surface area contributed by atoms with Crippen LogP contribution in [0.4, 0.5) is 0 Å². The van der Waals surface area contributed by atoms with Crippen molar-refractivity contribution in [2.45, 2.75) is 18.9 Å². The van der Waals surface area contributed by atoms with Gasteiger partial charge in [0.2, 0.25) is 12.5 Å². The van der Waals surface area contributed by atoms with Gasteiger partial charge in [-0.3, -0.25) is 14.6 Å². The number of ether oxygens (including phenoxy) is 5. The summed E-state index contributed by atoms with van der Waals surface area (Å²) >= 11 is 0. The monoisotopic (exact) mass is 519 g/mol. The Bertz CT molecular complexity index is 1420. The minimum absolute atomic E-state index is 0.0641. The number of aromatic hydroxyl groups is 1. The molecule has 0 radical (unpaired) electrons. The predicted octanol–water partition coefficient (Wildman–Crippen LogP) is 2.64. The number of fused-ring (bicyclic) bond motifs is 3. The summed E-state index contributed by atoms with van der Waals surface area (Å²) in [6, 6.07) is 6.45. The molecule has 2 N–H and O–H groups in total. The number of methoxy groups -OCH3 is 2. The number of esters is 1. The van der Waals surface area contributed by atoms with Gasteiger partial charge in [0.1, 0.15) is 5.69 Å². The number of nitrogens with zero attached hydrogens (tertiary/aromatic N) is 2. The molecule has 6 rings (SSSR count). The van der Waals surface area contributed by atoms with Gasteiger partial charge in [-0.05, 0) is 47.9 Å². The quantitative estimate of drug-likeness (QED) is 0.484. The number of hydrogen-bond acceptors (Lipinski definition) is 10. The highest BCUT2D eigenvalue weighted by atomic mass is 16.7. The highest BCUT2D eigenvalue weighted by Gasteiger charge is 2.53. The van der Waals surface area contributed by atoms with Crippen LogP contribution in [0.25, 0.3) is 0 Å². The Morgan fingerprint density at radius 2 is 1.68 bits per heavy atom. The van der Waals surface area contributed by atoms with Crippen LogP contribution in [0.15, 0.2) is 36.7 Å². The minimum atomic E-state index is -0.642. The molecule has 38 heavy (non-hydrogen) atoms. The fourth-order valence-corrected chi connectivity index (χ4v) is 5.57. The number of phenolic OH excluding ortho intramolecular Hbond substituents is 1. The molecule has 1 aliphatic carbocycles. The number of nitrogens with one attached hydrogen (secondary N) is 1. The van der Waals surface area contributed by atoms with Crippen LogP contribution in [-0.4, -0.2) is 54.6 Å². The molecule has 196 valence electrons.